The summed E-state index contributed by atoms with van der Waals surface area (Å²) in [6.07, 6.45) is 1.12. The van der Waals surface area contributed by atoms with Gasteiger partial charge in [-0.2, -0.15) is 0 Å². The number of halogens is 1. The zero-order valence-corrected chi connectivity index (χ0v) is 11.6. The molecular formula is C14H19ClO3. The fourth-order valence-electron chi connectivity index (χ4n) is 1.63. The van der Waals surface area contributed by atoms with Crippen LogP contribution in [0.5, 0.6) is 11.5 Å². The zero-order valence-electron chi connectivity index (χ0n) is 10.9. The fourth-order valence-corrected chi connectivity index (χ4v) is 1.76. The third-order valence-corrected chi connectivity index (χ3v) is 2.67. The lowest BCUT2D eigenvalue weighted by atomic mass is 10.1. The Morgan fingerprint density at radius 1 is 1.22 bits per heavy atom. The molecule has 0 aliphatic carbocycles. The van der Waals surface area contributed by atoms with Crippen molar-refractivity contribution in [2.75, 3.05) is 19.1 Å². The van der Waals surface area contributed by atoms with Crippen LogP contribution in [0.2, 0.25) is 0 Å². The Morgan fingerprint density at radius 3 is 2.56 bits per heavy atom. The molecule has 0 radical (unpaired) electrons. The molecule has 0 saturated carbocycles. The van der Waals surface area contributed by atoms with Gasteiger partial charge in [-0.05, 0) is 32.4 Å². The molecule has 0 fully saturated rings. The fraction of sp³-hybridized carbons (Fsp3) is 0.500. The lowest BCUT2D eigenvalue weighted by molar-refractivity contribution is 0.0978. The van der Waals surface area contributed by atoms with Crippen molar-refractivity contribution >= 4 is 17.4 Å². The van der Waals surface area contributed by atoms with Gasteiger partial charge < -0.3 is 9.47 Å². The first-order chi connectivity index (χ1) is 8.72. The van der Waals surface area contributed by atoms with Crippen LogP contribution in [0, 0.1) is 0 Å². The van der Waals surface area contributed by atoms with Crippen molar-refractivity contribution in [2.24, 2.45) is 0 Å². The summed E-state index contributed by atoms with van der Waals surface area (Å²) in [4.78, 5) is 12.0. The van der Waals surface area contributed by atoms with Crippen molar-refractivity contribution < 1.29 is 14.3 Å². The highest BCUT2D eigenvalue weighted by atomic mass is 35.5. The minimum Gasteiger partial charge on any atom is -0.494 e. The molecule has 0 atom stereocenters. The average Bonchev–Trinajstić information content (AvgIpc) is 2.37. The van der Waals surface area contributed by atoms with Gasteiger partial charge in [0.1, 0.15) is 11.5 Å². The summed E-state index contributed by atoms with van der Waals surface area (Å²) >= 11 is 5.60. The molecule has 0 heterocycles. The normalized spacial score (nSPS) is 10.2. The maximum absolute atomic E-state index is 12.0. The molecule has 0 N–H and O–H groups in total. The van der Waals surface area contributed by atoms with Gasteiger partial charge >= 0.3 is 0 Å². The van der Waals surface area contributed by atoms with E-state index in [2.05, 4.69) is 0 Å². The zero-order chi connectivity index (χ0) is 13.4. The summed E-state index contributed by atoms with van der Waals surface area (Å²) in [7, 11) is 0. The second kappa shape index (κ2) is 7.98. The number of ketones is 1. The largest absolute Gasteiger partial charge is 0.494 e. The molecule has 0 aromatic heterocycles. The molecule has 100 valence electrons. The lowest BCUT2D eigenvalue weighted by Gasteiger charge is -2.11. The highest BCUT2D eigenvalue weighted by Crippen LogP contribution is 2.26. The smallest absolute Gasteiger partial charge is 0.166 e. The molecule has 0 spiro atoms. The van der Waals surface area contributed by atoms with Gasteiger partial charge in [0.05, 0.1) is 18.8 Å². The summed E-state index contributed by atoms with van der Waals surface area (Å²) in [6.45, 7) is 4.91. The van der Waals surface area contributed by atoms with Crippen molar-refractivity contribution in [2.45, 2.75) is 26.7 Å². The van der Waals surface area contributed by atoms with E-state index in [-0.39, 0.29) is 5.78 Å². The first-order valence-corrected chi connectivity index (χ1v) is 6.75. The molecule has 0 bridgehead atoms. The van der Waals surface area contributed by atoms with E-state index < -0.39 is 0 Å². The van der Waals surface area contributed by atoms with E-state index in [1.807, 2.05) is 13.8 Å². The van der Waals surface area contributed by atoms with Crippen LogP contribution in [0.25, 0.3) is 0 Å². The SMILES string of the molecule is CCOc1ccc(C(=O)CCCCl)c(OCC)c1. The molecule has 1 aromatic carbocycles. The number of Topliss-reactive ketones (excluding diaryl/α,β-unsaturated/α-hetero) is 1. The average molecular weight is 271 g/mol. The second-order valence-electron chi connectivity index (χ2n) is 3.74. The number of ether oxygens (including phenoxy) is 2. The van der Waals surface area contributed by atoms with Crippen LogP contribution in [0.4, 0.5) is 0 Å². The topological polar surface area (TPSA) is 35.5 Å². The number of alkyl halides is 1. The number of carbonyl (C=O) groups is 1. The van der Waals surface area contributed by atoms with Crippen LogP contribution in [0.3, 0.4) is 0 Å². The number of hydrogen-bond donors (Lipinski definition) is 0. The first kappa shape index (κ1) is 14.8. The molecule has 4 heteroatoms. The number of benzene rings is 1. The summed E-state index contributed by atoms with van der Waals surface area (Å²) in [5.41, 5.74) is 0.602. The Bertz CT molecular complexity index is 391. The predicted octanol–water partition coefficient (Wildman–Crippen LogP) is 3.69. The second-order valence-corrected chi connectivity index (χ2v) is 4.12. The van der Waals surface area contributed by atoms with E-state index in [4.69, 9.17) is 21.1 Å². The van der Waals surface area contributed by atoms with Crippen LogP contribution < -0.4 is 9.47 Å². The maximum Gasteiger partial charge on any atom is 0.166 e. The standard InChI is InChI=1S/C14H19ClO3/c1-3-17-11-7-8-12(13(16)6-5-9-15)14(10-11)18-4-2/h7-8,10H,3-6,9H2,1-2H3. The van der Waals surface area contributed by atoms with Crippen molar-refractivity contribution in [3.63, 3.8) is 0 Å². The van der Waals surface area contributed by atoms with E-state index in [0.717, 1.165) is 5.75 Å². The van der Waals surface area contributed by atoms with Crippen molar-refractivity contribution in [3.05, 3.63) is 23.8 Å². The monoisotopic (exact) mass is 270 g/mol. The summed E-state index contributed by atoms with van der Waals surface area (Å²) in [6, 6.07) is 5.31. The van der Waals surface area contributed by atoms with Gasteiger partial charge in [0.15, 0.2) is 5.78 Å². The van der Waals surface area contributed by atoms with Crippen molar-refractivity contribution in [3.8, 4) is 11.5 Å². The molecule has 0 unspecified atom stereocenters. The van der Waals surface area contributed by atoms with Gasteiger partial charge in [0, 0.05) is 18.4 Å². The quantitative estimate of drug-likeness (QED) is 0.534. The van der Waals surface area contributed by atoms with Gasteiger partial charge in [-0.3, -0.25) is 4.79 Å². The van der Waals surface area contributed by atoms with E-state index in [0.29, 0.717) is 43.2 Å². The summed E-state index contributed by atoms with van der Waals surface area (Å²) in [5.74, 6) is 1.85. The Kier molecular flexibility index (Phi) is 6.58. The van der Waals surface area contributed by atoms with Crippen molar-refractivity contribution in [1.29, 1.82) is 0 Å². The number of hydrogen-bond acceptors (Lipinski definition) is 3. The van der Waals surface area contributed by atoms with Crippen LogP contribution in [0.1, 0.15) is 37.0 Å². The van der Waals surface area contributed by atoms with E-state index in [1.165, 1.54) is 0 Å². The highest BCUT2D eigenvalue weighted by molar-refractivity contribution is 6.18. The minimum absolute atomic E-state index is 0.0575. The van der Waals surface area contributed by atoms with Gasteiger partial charge in [-0.15, -0.1) is 11.6 Å². The van der Waals surface area contributed by atoms with Gasteiger partial charge in [0.2, 0.25) is 0 Å². The van der Waals surface area contributed by atoms with Crippen LogP contribution >= 0.6 is 11.6 Å². The van der Waals surface area contributed by atoms with Crippen LogP contribution in [0.15, 0.2) is 18.2 Å². The molecule has 1 rings (SSSR count). The van der Waals surface area contributed by atoms with E-state index in [1.54, 1.807) is 18.2 Å². The Morgan fingerprint density at radius 2 is 1.94 bits per heavy atom. The van der Waals surface area contributed by atoms with E-state index >= 15 is 0 Å². The molecule has 0 aliphatic rings. The molecule has 1 aromatic rings. The Hall–Kier alpha value is -1.22. The summed E-state index contributed by atoms with van der Waals surface area (Å²) < 4.78 is 10.9. The number of carbonyl (C=O) groups excluding carboxylic acids is 1. The maximum atomic E-state index is 12.0. The molecule has 0 saturated heterocycles. The molecular weight excluding hydrogens is 252 g/mol. The van der Waals surface area contributed by atoms with Crippen molar-refractivity contribution in [1.82, 2.24) is 0 Å². The van der Waals surface area contributed by atoms with E-state index in [9.17, 15) is 4.79 Å². The Balaban J connectivity index is 2.91. The first-order valence-electron chi connectivity index (χ1n) is 6.21. The third kappa shape index (κ3) is 4.22. The number of rotatable bonds is 8. The Labute approximate surface area is 113 Å². The molecule has 0 aliphatic heterocycles. The van der Waals surface area contributed by atoms with Gasteiger partial charge in [-0.25, -0.2) is 0 Å². The summed E-state index contributed by atoms with van der Waals surface area (Å²) in [5, 5.41) is 0. The van der Waals surface area contributed by atoms with Gasteiger partial charge in [0.25, 0.3) is 0 Å². The minimum atomic E-state index is 0.0575. The van der Waals surface area contributed by atoms with Crippen LogP contribution in [-0.4, -0.2) is 24.9 Å². The molecule has 0 amide bonds. The van der Waals surface area contributed by atoms with Gasteiger partial charge in [-0.1, -0.05) is 0 Å². The molecule has 18 heavy (non-hydrogen) atoms. The predicted molar refractivity (Wildman–Crippen MR) is 73.1 cm³/mol. The third-order valence-electron chi connectivity index (χ3n) is 2.40. The molecule has 3 nitrogen and oxygen atoms in total. The highest BCUT2D eigenvalue weighted by Gasteiger charge is 2.13. The lowest BCUT2D eigenvalue weighted by Crippen LogP contribution is -2.05. The van der Waals surface area contributed by atoms with Crippen LogP contribution in [-0.2, 0) is 0 Å².